The number of aromatic amines is 1. The second-order valence-corrected chi connectivity index (χ2v) is 2.80. The fourth-order valence-electron chi connectivity index (χ4n) is 1.06. The van der Waals surface area contributed by atoms with Crippen LogP contribution in [-0.4, -0.2) is 15.2 Å². The average Bonchev–Trinajstić information content (AvgIpc) is 2.33. The van der Waals surface area contributed by atoms with Crippen LogP contribution in [0.15, 0.2) is 6.20 Å². The largest absolute Gasteiger partial charge is 0.333 e. The third-order valence-corrected chi connectivity index (χ3v) is 1.90. The molecule has 0 saturated heterocycles. The molecule has 10 heavy (non-hydrogen) atoms. The van der Waals surface area contributed by atoms with Crippen molar-refractivity contribution in [3.8, 4) is 0 Å². The van der Waals surface area contributed by atoms with E-state index in [2.05, 4.69) is 15.5 Å². The van der Waals surface area contributed by atoms with Crippen LogP contribution in [0.5, 0.6) is 0 Å². The number of anilines is 1. The van der Waals surface area contributed by atoms with Gasteiger partial charge in [0.15, 0.2) is 5.82 Å². The third-order valence-electron chi connectivity index (χ3n) is 1.60. The van der Waals surface area contributed by atoms with Gasteiger partial charge in [-0.2, -0.15) is 5.10 Å². The third kappa shape index (κ3) is 0.806. The van der Waals surface area contributed by atoms with Crippen molar-refractivity contribution in [1.29, 1.82) is 0 Å². The predicted octanol–water partition coefficient (Wildman–Crippen LogP) is 1.10. The maximum absolute atomic E-state index is 4.98. The molecule has 1 aliphatic heterocycles. The maximum atomic E-state index is 4.98. The monoisotopic (exact) mass is 153 g/mol. The number of hydrogen-bond acceptors (Lipinski definition) is 2. The van der Waals surface area contributed by atoms with Gasteiger partial charge < -0.3 is 5.32 Å². The second-order valence-electron chi connectivity index (χ2n) is 2.31. The summed E-state index contributed by atoms with van der Waals surface area (Å²) >= 11 is 4.98. The van der Waals surface area contributed by atoms with Crippen LogP contribution < -0.4 is 5.32 Å². The Morgan fingerprint density at radius 2 is 2.40 bits per heavy atom. The zero-order valence-corrected chi connectivity index (χ0v) is 6.16. The van der Waals surface area contributed by atoms with E-state index < -0.39 is 0 Å². The molecule has 3 nitrogen and oxygen atoms in total. The number of aromatic nitrogens is 2. The summed E-state index contributed by atoms with van der Waals surface area (Å²) in [5, 5.41) is 9.80. The van der Waals surface area contributed by atoms with Gasteiger partial charge in [0.1, 0.15) is 0 Å². The molecule has 1 aromatic heterocycles. The fraction of sp³-hybridized carbons (Fsp3) is 0.333. The highest BCUT2D eigenvalue weighted by Crippen LogP contribution is 2.18. The molecule has 0 bridgehead atoms. The minimum Gasteiger partial charge on any atom is -0.333 e. The SMILES string of the molecule is S=C1CCc2c[nH]nc2N1. The smallest absolute Gasteiger partial charge is 0.155 e. The second kappa shape index (κ2) is 2.05. The molecule has 0 unspecified atom stereocenters. The molecule has 2 N–H and O–H groups in total. The highest BCUT2D eigenvalue weighted by molar-refractivity contribution is 7.80. The van der Waals surface area contributed by atoms with Crippen LogP contribution >= 0.6 is 12.2 Å². The lowest BCUT2D eigenvalue weighted by atomic mass is 10.1. The number of rotatable bonds is 0. The number of fused-ring (bicyclic) bond motifs is 1. The van der Waals surface area contributed by atoms with E-state index in [9.17, 15) is 0 Å². The predicted molar refractivity (Wildman–Crippen MR) is 43.1 cm³/mol. The average molecular weight is 153 g/mol. The highest BCUT2D eigenvalue weighted by atomic mass is 32.1. The molecule has 0 amide bonds. The van der Waals surface area contributed by atoms with Crippen LogP contribution in [0.25, 0.3) is 0 Å². The van der Waals surface area contributed by atoms with Gasteiger partial charge >= 0.3 is 0 Å². The Hall–Kier alpha value is -0.900. The van der Waals surface area contributed by atoms with E-state index in [0.29, 0.717) is 0 Å². The van der Waals surface area contributed by atoms with Gasteiger partial charge in [0.25, 0.3) is 0 Å². The molecule has 0 aromatic carbocycles. The molecule has 1 aliphatic rings. The van der Waals surface area contributed by atoms with Gasteiger partial charge in [-0.05, 0) is 6.42 Å². The fourth-order valence-corrected chi connectivity index (χ4v) is 1.26. The number of H-pyrrole nitrogens is 1. The molecular formula is C6H7N3S. The number of nitrogens with one attached hydrogen (secondary N) is 2. The Labute approximate surface area is 63.8 Å². The van der Waals surface area contributed by atoms with Crippen molar-refractivity contribution in [2.75, 3.05) is 5.32 Å². The zero-order chi connectivity index (χ0) is 6.97. The summed E-state index contributed by atoms with van der Waals surface area (Å²) < 4.78 is 0. The van der Waals surface area contributed by atoms with Gasteiger partial charge in [0.2, 0.25) is 0 Å². The van der Waals surface area contributed by atoms with Gasteiger partial charge in [0, 0.05) is 18.2 Å². The van der Waals surface area contributed by atoms with Gasteiger partial charge in [-0.25, -0.2) is 0 Å². The zero-order valence-electron chi connectivity index (χ0n) is 5.35. The topological polar surface area (TPSA) is 40.7 Å². The molecule has 2 rings (SSSR count). The molecule has 4 heteroatoms. The molecule has 0 radical (unpaired) electrons. The van der Waals surface area contributed by atoms with E-state index in [4.69, 9.17) is 12.2 Å². The summed E-state index contributed by atoms with van der Waals surface area (Å²) in [6.07, 6.45) is 3.86. The Bertz CT molecular complexity index is 266. The molecule has 0 atom stereocenters. The number of hydrogen-bond donors (Lipinski definition) is 2. The molecule has 2 heterocycles. The number of thiocarbonyl (C=S) groups is 1. The van der Waals surface area contributed by atoms with Crippen LogP contribution in [0.1, 0.15) is 12.0 Å². The van der Waals surface area contributed by atoms with E-state index >= 15 is 0 Å². The minimum atomic E-state index is 0.889. The van der Waals surface area contributed by atoms with Crippen molar-refractivity contribution in [2.45, 2.75) is 12.8 Å². The van der Waals surface area contributed by atoms with Gasteiger partial charge in [0.05, 0.1) is 4.99 Å². The van der Waals surface area contributed by atoms with Crippen LogP contribution in [0.2, 0.25) is 0 Å². The van der Waals surface area contributed by atoms with Crippen LogP contribution in [0, 0.1) is 0 Å². The lowest BCUT2D eigenvalue weighted by Gasteiger charge is -2.11. The van der Waals surface area contributed by atoms with E-state index in [1.165, 1.54) is 5.56 Å². The standard InChI is InChI=1S/C6H7N3S/c10-5-2-1-4-3-7-9-6(4)8-5/h3H,1-2H2,(H2,7,8,9,10). The highest BCUT2D eigenvalue weighted by Gasteiger charge is 2.12. The van der Waals surface area contributed by atoms with Gasteiger partial charge in [-0.1, -0.05) is 12.2 Å². The molecule has 0 saturated carbocycles. The minimum absolute atomic E-state index is 0.889. The first-order chi connectivity index (χ1) is 4.86. The Kier molecular flexibility index (Phi) is 1.20. The van der Waals surface area contributed by atoms with Crippen molar-refractivity contribution in [3.63, 3.8) is 0 Å². The van der Waals surface area contributed by atoms with E-state index in [1.54, 1.807) is 0 Å². The Morgan fingerprint density at radius 1 is 1.50 bits per heavy atom. The first-order valence-electron chi connectivity index (χ1n) is 3.19. The normalized spacial score (nSPS) is 16.2. The maximum Gasteiger partial charge on any atom is 0.155 e. The molecule has 1 aromatic rings. The van der Waals surface area contributed by atoms with Crippen LogP contribution in [-0.2, 0) is 6.42 Å². The summed E-state index contributed by atoms with van der Waals surface area (Å²) in [4.78, 5) is 0.889. The molecule has 0 fully saturated rings. The van der Waals surface area contributed by atoms with Gasteiger partial charge in [-0.15, -0.1) is 0 Å². The van der Waals surface area contributed by atoms with Crippen molar-refractivity contribution in [2.24, 2.45) is 0 Å². The molecular weight excluding hydrogens is 146 g/mol. The molecule has 52 valence electrons. The summed E-state index contributed by atoms with van der Waals surface area (Å²) in [6.45, 7) is 0. The van der Waals surface area contributed by atoms with Crippen molar-refractivity contribution in [1.82, 2.24) is 10.2 Å². The van der Waals surface area contributed by atoms with Crippen molar-refractivity contribution in [3.05, 3.63) is 11.8 Å². The first-order valence-corrected chi connectivity index (χ1v) is 3.59. The van der Waals surface area contributed by atoms with Crippen LogP contribution in [0.3, 0.4) is 0 Å². The molecule has 0 aliphatic carbocycles. The summed E-state index contributed by atoms with van der Waals surface area (Å²) in [7, 11) is 0. The summed E-state index contributed by atoms with van der Waals surface area (Å²) in [6, 6.07) is 0. The quantitative estimate of drug-likeness (QED) is 0.548. The number of nitrogens with zero attached hydrogens (tertiary/aromatic N) is 1. The van der Waals surface area contributed by atoms with Crippen molar-refractivity contribution < 1.29 is 0 Å². The first kappa shape index (κ1) is 5.85. The summed E-state index contributed by atoms with van der Waals surface area (Å²) in [5.74, 6) is 0.899. The Morgan fingerprint density at radius 3 is 3.30 bits per heavy atom. The summed E-state index contributed by atoms with van der Waals surface area (Å²) in [5.41, 5.74) is 1.23. The molecule has 0 spiro atoms. The van der Waals surface area contributed by atoms with E-state index in [0.717, 1.165) is 23.6 Å². The van der Waals surface area contributed by atoms with Gasteiger partial charge in [-0.3, -0.25) is 5.10 Å². The van der Waals surface area contributed by atoms with E-state index in [-0.39, 0.29) is 0 Å². The van der Waals surface area contributed by atoms with E-state index in [1.807, 2.05) is 6.20 Å². The van der Waals surface area contributed by atoms with Crippen molar-refractivity contribution >= 4 is 23.0 Å². The van der Waals surface area contributed by atoms with Crippen LogP contribution in [0.4, 0.5) is 5.82 Å². The lowest BCUT2D eigenvalue weighted by Crippen LogP contribution is -2.16. The number of aryl methyl sites for hydroxylation is 1. The Balaban J connectivity index is 2.39. The lowest BCUT2D eigenvalue weighted by molar-refractivity contribution is 1.03.